The summed E-state index contributed by atoms with van der Waals surface area (Å²) in [6.07, 6.45) is -1.89. The van der Waals surface area contributed by atoms with E-state index in [-0.39, 0.29) is 5.69 Å². The minimum atomic E-state index is -1.89. The summed E-state index contributed by atoms with van der Waals surface area (Å²) in [4.78, 5) is 10.2. The van der Waals surface area contributed by atoms with E-state index in [0.29, 0.717) is 0 Å². The second-order valence-electron chi connectivity index (χ2n) is 1.75. The Labute approximate surface area is 60.3 Å². The highest BCUT2D eigenvalue weighted by atomic mass is 16.5. The number of aliphatic hydroxyl groups excluding tert-OH is 1. The topological polar surface area (TPSA) is 119 Å². The first-order valence-corrected chi connectivity index (χ1v) is 2.63. The number of H-pyrrole nitrogens is 1. The fourth-order valence-corrected chi connectivity index (χ4v) is 0.574. The standard InChI is InChI=1S/C4H5N3O4/c8-3(9)1-2(4(10)11)6-7-5-1/h3,8-9H,(H,10,11)(H,5,6,7). The third kappa shape index (κ3) is 1.33. The Balaban J connectivity index is 3.06. The number of rotatable bonds is 2. The van der Waals surface area contributed by atoms with Gasteiger partial charge in [0.15, 0.2) is 12.0 Å². The zero-order valence-corrected chi connectivity index (χ0v) is 5.22. The van der Waals surface area contributed by atoms with Gasteiger partial charge in [-0.3, -0.25) is 5.10 Å². The smallest absolute Gasteiger partial charge is 0.358 e. The molecule has 1 rings (SSSR count). The molecule has 4 N–H and O–H groups in total. The monoisotopic (exact) mass is 159 g/mol. The fraction of sp³-hybridized carbons (Fsp3) is 0.250. The minimum Gasteiger partial charge on any atom is -0.476 e. The highest BCUT2D eigenvalue weighted by Crippen LogP contribution is 2.08. The Bertz CT molecular complexity index is 268. The van der Waals surface area contributed by atoms with Gasteiger partial charge in [0.25, 0.3) is 0 Å². The van der Waals surface area contributed by atoms with Crippen LogP contribution in [-0.4, -0.2) is 36.7 Å². The van der Waals surface area contributed by atoms with Gasteiger partial charge in [-0.25, -0.2) is 4.79 Å². The van der Waals surface area contributed by atoms with Crippen molar-refractivity contribution in [2.45, 2.75) is 6.29 Å². The third-order valence-corrected chi connectivity index (χ3v) is 1.04. The second kappa shape index (κ2) is 2.64. The number of carboxylic acids is 1. The maximum absolute atomic E-state index is 10.2. The van der Waals surface area contributed by atoms with Crippen molar-refractivity contribution in [3.8, 4) is 0 Å². The highest BCUT2D eigenvalue weighted by Gasteiger charge is 2.18. The Morgan fingerprint density at radius 1 is 1.55 bits per heavy atom. The summed E-state index contributed by atoms with van der Waals surface area (Å²) < 4.78 is 0. The number of hydrogen-bond acceptors (Lipinski definition) is 5. The van der Waals surface area contributed by atoms with E-state index in [1.807, 2.05) is 5.10 Å². The highest BCUT2D eigenvalue weighted by molar-refractivity contribution is 5.86. The average molecular weight is 159 g/mol. The van der Waals surface area contributed by atoms with Crippen molar-refractivity contribution in [2.75, 3.05) is 0 Å². The molecular formula is C4H5N3O4. The van der Waals surface area contributed by atoms with Crippen molar-refractivity contribution >= 4 is 5.97 Å². The molecule has 0 saturated carbocycles. The first kappa shape index (κ1) is 7.63. The molecule has 0 aliphatic carbocycles. The fourth-order valence-electron chi connectivity index (χ4n) is 0.574. The number of nitrogens with one attached hydrogen (secondary N) is 1. The predicted octanol–water partition coefficient (Wildman–Crippen LogP) is -1.51. The lowest BCUT2D eigenvalue weighted by Gasteiger charge is -1.97. The molecule has 0 fully saturated rings. The molecule has 0 atom stereocenters. The van der Waals surface area contributed by atoms with E-state index in [2.05, 4.69) is 10.3 Å². The molecule has 11 heavy (non-hydrogen) atoms. The van der Waals surface area contributed by atoms with Crippen LogP contribution in [0.15, 0.2) is 0 Å². The summed E-state index contributed by atoms with van der Waals surface area (Å²) in [6.45, 7) is 0. The summed E-state index contributed by atoms with van der Waals surface area (Å²) in [5.74, 6) is -1.36. The third-order valence-electron chi connectivity index (χ3n) is 1.04. The number of aliphatic hydroxyl groups is 2. The summed E-state index contributed by atoms with van der Waals surface area (Å²) in [5.41, 5.74) is -0.808. The van der Waals surface area contributed by atoms with Crippen molar-refractivity contribution < 1.29 is 20.1 Å². The molecule has 7 heteroatoms. The van der Waals surface area contributed by atoms with Crippen LogP contribution in [0.25, 0.3) is 0 Å². The SMILES string of the molecule is O=C(O)c1nn[nH]c1C(O)O. The van der Waals surface area contributed by atoms with Gasteiger partial charge in [-0.15, -0.1) is 5.10 Å². The summed E-state index contributed by atoms with van der Waals surface area (Å²) in [6, 6.07) is 0. The largest absolute Gasteiger partial charge is 0.476 e. The van der Waals surface area contributed by atoms with Gasteiger partial charge in [0.1, 0.15) is 5.69 Å². The Morgan fingerprint density at radius 2 is 2.18 bits per heavy atom. The normalized spacial score (nSPS) is 10.5. The number of nitrogens with zero attached hydrogens (tertiary/aromatic N) is 2. The zero-order valence-electron chi connectivity index (χ0n) is 5.22. The van der Waals surface area contributed by atoms with Gasteiger partial charge in [0, 0.05) is 0 Å². The van der Waals surface area contributed by atoms with E-state index in [1.165, 1.54) is 0 Å². The maximum Gasteiger partial charge on any atom is 0.358 e. The zero-order chi connectivity index (χ0) is 8.43. The Kier molecular flexibility index (Phi) is 1.83. The van der Waals surface area contributed by atoms with Crippen molar-refractivity contribution in [1.82, 2.24) is 15.4 Å². The molecule has 0 spiro atoms. The molecule has 0 saturated heterocycles. The van der Waals surface area contributed by atoms with Crippen LogP contribution in [0.5, 0.6) is 0 Å². The number of aromatic nitrogens is 3. The van der Waals surface area contributed by atoms with E-state index in [0.717, 1.165) is 0 Å². The van der Waals surface area contributed by atoms with Crippen molar-refractivity contribution in [2.24, 2.45) is 0 Å². The number of carboxylic acid groups (broad SMARTS) is 1. The number of aromatic carboxylic acids is 1. The van der Waals surface area contributed by atoms with Gasteiger partial charge in [-0.05, 0) is 0 Å². The first-order valence-electron chi connectivity index (χ1n) is 2.63. The number of hydrogen-bond donors (Lipinski definition) is 4. The number of carbonyl (C=O) groups is 1. The lowest BCUT2D eigenvalue weighted by Crippen LogP contribution is -2.05. The molecule has 0 unspecified atom stereocenters. The van der Waals surface area contributed by atoms with Crippen molar-refractivity contribution in [3.05, 3.63) is 11.4 Å². The van der Waals surface area contributed by atoms with Crippen LogP contribution in [0.2, 0.25) is 0 Å². The molecule has 7 nitrogen and oxygen atoms in total. The van der Waals surface area contributed by atoms with E-state index in [1.54, 1.807) is 0 Å². The second-order valence-corrected chi connectivity index (χ2v) is 1.75. The molecule has 0 radical (unpaired) electrons. The van der Waals surface area contributed by atoms with Crippen molar-refractivity contribution in [1.29, 1.82) is 0 Å². The van der Waals surface area contributed by atoms with Crippen LogP contribution < -0.4 is 0 Å². The quantitative estimate of drug-likeness (QED) is 0.389. The predicted molar refractivity (Wildman–Crippen MR) is 30.5 cm³/mol. The molecule has 0 aromatic carbocycles. The number of aromatic amines is 1. The molecule has 0 aliphatic rings. The van der Waals surface area contributed by atoms with E-state index >= 15 is 0 Å². The lowest BCUT2D eigenvalue weighted by molar-refractivity contribution is -0.0466. The van der Waals surface area contributed by atoms with Gasteiger partial charge in [-0.2, -0.15) is 0 Å². The van der Waals surface area contributed by atoms with Crippen LogP contribution in [0.3, 0.4) is 0 Å². The Morgan fingerprint density at radius 3 is 2.55 bits per heavy atom. The molecule has 1 aromatic heterocycles. The van der Waals surface area contributed by atoms with Crippen LogP contribution in [-0.2, 0) is 0 Å². The molecule has 0 bridgehead atoms. The van der Waals surface area contributed by atoms with Gasteiger partial charge in [-0.1, -0.05) is 5.21 Å². The minimum absolute atomic E-state index is 0.322. The lowest BCUT2D eigenvalue weighted by atomic mass is 10.3. The van der Waals surface area contributed by atoms with E-state index < -0.39 is 18.0 Å². The van der Waals surface area contributed by atoms with E-state index in [9.17, 15) is 4.79 Å². The van der Waals surface area contributed by atoms with Gasteiger partial charge in [0.05, 0.1) is 0 Å². The molecule has 1 heterocycles. The van der Waals surface area contributed by atoms with Gasteiger partial charge >= 0.3 is 5.97 Å². The molecule has 0 amide bonds. The summed E-state index contributed by atoms with van der Waals surface area (Å²) >= 11 is 0. The van der Waals surface area contributed by atoms with Gasteiger partial charge < -0.3 is 15.3 Å². The summed E-state index contributed by atoms with van der Waals surface area (Å²) in [5, 5.41) is 33.7. The maximum atomic E-state index is 10.2. The van der Waals surface area contributed by atoms with Gasteiger partial charge in [0.2, 0.25) is 0 Å². The molecule has 0 aliphatic heterocycles. The van der Waals surface area contributed by atoms with Crippen LogP contribution in [0, 0.1) is 0 Å². The molecule has 1 aromatic rings. The average Bonchev–Trinajstić information content (AvgIpc) is 2.32. The van der Waals surface area contributed by atoms with Crippen LogP contribution in [0.4, 0.5) is 0 Å². The van der Waals surface area contributed by atoms with Crippen LogP contribution >= 0.6 is 0 Å². The Hall–Kier alpha value is -1.47. The van der Waals surface area contributed by atoms with Crippen molar-refractivity contribution in [3.63, 3.8) is 0 Å². The van der Waals surface area contributed by atoms with Crippen LogP contribution in [0.1, 0.15) is 22.5 Å². The summed E-state index contributed by atoms with van der Waals surface area (Å²) in [7, 11) is 0. The molecular weight excluding hydrogens is 154 g/mol. The first-order chi connectivity index (χ1) is 5.13. The molecule has 60 valence electrons. The van der Waals surface area contributed by atoms with E-state index in [4.69, 9.17) is 15.3 Å².